The summed E-state index contributed by atoms with van der Waals surface area (Å²) in [6.45, 7) is 2.71. The third-order valence-electron chi connectivity index (χ3n) is 3.76. The minimum atomic E-state index is -0.570. The van der Waals surface area contributed by atoms with E-state index in [0.717, 1.165) is 22.6 Å². The second-order valence-electron chi connectivity index (χ2n) is 5.39. The molecule has 24 heavy (non-hydrogen) atoms. The molecule has 0 aliphatic rings. The minimum Gasteiger partial charge on any atom is -0.497 e. The smallest absolute Gasteiger partial charge is 0.316 e. The van der Waals surface area contributed by atoms with Crippen LogP contribution in [0.5, 0.6) is 11.5 Å². The van der Waals surface area contributed by atoms with Gasteiger partial charge in [0.25, 0.3) is 0 Å². The number of hydrogen-bond acceptors (Lipinski definition) is 4. The number of rotatable bonds is 7. The minimum absolute atomic E-state index is 0.128. The summed E-state index contributed by atoms with van der Waals surface area (Å²) < 4.78 is 10.7. The molecule has 1 atom stereocenters. The molecular weight excluding hydrogens is 306 g/mol. The van der Waals surface area contributed by atoms with Crippen molar-refractivity contribution in [3.8, 4) is 11.5 Å². The second kappa shape index (κ2) is 8.21. The fourth-order valence-electron chi connectivity index (χ4n) is 2.40. The highest BCUT2D eigenvalue weighted by Crippen LogP contribution is 2.25. The maximum atomic E-state index is 10.8. The number of nitrogens with two attached hydrogens (primary N) is 1. The van der Waals surface area contributed by atoms with Gasteiger partial charge >= 0.3 is 6.03 Å². The van der Waals surface area contributed by atoms with Crippen molar-refractivity contribution in [2.75, 3.05) is 19.5 Å². The molecular formula is C18H23N3O3. The van der Waals surface area contributed by atoms with Crippen LogP contribution in [-0.4, -0.2) is 20.3 Å². The normalized spacial score (nSPS) is 11.6. The molecule has 2 aromatic rings. The molecule has 6 nitrogen and oxygen atoms in total. The molecule has 0 fully saturated rings. The van der Waals surface area contributed by atoms with Gasteiger partial charge in [-0.1, -0.05) is 12.1 Å². The van der Waals surface area contributed by atoms with E-state index in [0.29, 0.717) is 12.2 Å². The van der Waals surface area contributed by atoms with Gasteiger partial charge in [0.15, 0.2) is 0 Å². The van der Waals surface area contributed by atoms with Crippen molar-refractivity contribution in [1.29, 1.82) is 0 Å². The molecule has 0 bridgehead atoms. The van der Waals surface area contributed by atoms with Crippen LogP contribution in [0.3, 0.4) is 0 Å². The van der Waals surface area contributed by atoms with E-state index in [4.69, 9.17) is 15.2 Å². The quantitative estimate of drug-likeness (QED) is 0.729. The Hall–Kier alpha value is -2.73. The van der Waals surface area contributed by atoms with Crippen LogP contribution >= 0.6 is 0 Å². The van der Waals surface area contributed by atoms with E-state index < -0.39 is 6.03 Å². The average Bonchev–Trinajstić information content (AvgIpc) is 2.59. The van der Waals surface area contributed by atoms with Crippen LogP contribution in [0.15, 0.2) is 42.5 Å². The van der Waals surface area contributed by atoms with Gasteiger partial charge in [-0.05, 0) is 42.8 Å². The van der Waals surface area contributed by atoms with Gasteiger partial charge in [-0.2, -0.15) is 0 Å². The van der Waals surface area contributed by atoms with E-state index in [1.165, 1.54) is 0 Å². The molecule has 0 saturated carbocycles. The molecule has 2 aromatic carbocycles. The Balaban J connectivity index is 2.02. The number of methoxy groups -OCH3 is 2. The molecule has 6 heteroatoms. The van der Waals surface area contributed by atoms with Gasteiger partial charge in [0.1, 0.15) is 11.5 Å². The maximum absolute atomic E-state index is 10.8. The highest BCUT2D eigenvalue weighted by Gasteiger charge is 2.09. The molecule has 0 aromatic heterocycles. The molecule has 0 spiro atoms. The summed E-state index contributed by atoms with van der Waals surface area (Å²) in [5, 5.41) is 6.00. The molecule has 0 saturated heterocycles. The number of anilines is 1. The van der Waals surface area contributed by atoms with Crippen molar-refractivity contribution in [3.05, 3.63) is 53.6 Å². The first kappa shape index (κ1) is 17.6. The molecule has 0 aliphatic carbocycles. The van der Waals surface area contributed by atoms with Gasteiger partial charge in [-0.3, -0.25) is 0 Å². The zero-order valence-electron chi connectivity index (χ0n) is 14.1. The maximum Gasteiger partial charge on any atom is 0.316 e. The van der Waals surface area contributed by atoms with Gasteiger partial charge in [-0.25, -0.2) is 4.79 Å². The highest BCUT2D eigenvalue weighted by molar-refractivity contribution is 5.87. The van der Waals surface area contributed by atoms with Crippen LogP contribution in [0.25, 0.3) is 0 Å². The summed E-state index contributed by atoms with van der Waals surface area (Å²) in [4.78, 5) is 10.8. The first-order chi connectivity index (χ1) is 11.5. The van der Waals surface area contributed by atoms with Crippen LogP contribution < -0.4 is 25.8 Å². The molecule has 128 valence electrons. The number of ether oxygens (including phenoxy) is 2. The molecule has 0 radical (unpaired) electrons. The van der Waals surface area contributed by atoms with Crippen molar-refractivity contribution in [2.24, 2.45) is 5.73 Å². The molecule has 0 aliphatic heterocycles. The van der Waals surface area contributed by atoms with E-state index >= 15 is 0 Å². The van der Waals surface area contributed by atoms with Gasteiger partial charge in [0.2, 0.25) is 0 Å². The summed E-state index contributed by atoms with van der Waals surface area (Å²) >= 11 is 0. The lowest BCUT2D eigenvalue weighted by Crippen LogP contribution is -2.20. The summed E-state index contributed by atoms with van der Waals surface area (Å²) in [7, 11) is 3.29. The van der Waals surface area contributed by atoms with Gasteiger partial charge < -0.3 is 25.8 Å². The molecule has 2 rings (SSSR count). The van der Waals surface area contributed by atoms with Crippen molar-refractivity contribution >= 4 is 11.7 Å². The van der Waals surface area contributed by atoms with E-state index in [1.807, 2.05) is 42.5 Å². The summed E-state index contributed by atoms with van der Waals surface area (Å²) in [6, 6.07) is 12.8. The third-order valence-corrected chi connectivity index (χ3v) is 3.76. The van der Waals surface area contributed by atoms with Gasteiger partial charge in [0.05, 0.1) is 14.2 Å². The molecule has 1 unspecified atom stereocenters. The first-order valence-corrected chi connectivity index (χ1v) is 7.64. The predicted octanol–water partition coefficient (Wildman–Crippen LogP) is 3.05. The van der Waals surface area contributed by atoms with E-state index in [2.05, 4.69) is 17.6 Å². The third kappa shape index (κ3) is 4.63. The molecule has 0 heterocycles. The van der Waals surface area contributed by atoms with Crippen molar-refractivity contribution in [1.82, 2.24) is 5.32 Å². The van der Waals surface area contributed by atoms with E-state index in [-0.39, 0.29) is 6.04 Å². The summed E-state index contributed by atoms with van der Waals surface area (Å²) in [5.74, 6) is 1.61. The fourth-order valence-corrected chi connectivity index (χ4v) is 2.40. The van der Waals surface area contributed by atoms with Crippen LogP contribution in [-0.2, 0) is 6.54 Å². The number of urea groups is 1. The SMILES string of the molecule is COc1ccc(OC)c(CNC(C)c2ccc(NC(N)=O)cc2)c1. The van der Waals surface area contributed by atoms with E-state index in [1.54, 1.807) is 14.2 Å². The van der Waals surface area contributed by atoms with Crippen molar-refractivity contribution in [3.63, 3.8) is 0 Å². The number of hydrogen-bond donors (Lipinski definition) is 3. The Morgan fingerprint density at radius 2 is 1.83 bits per heavy atom. The van der Waals surface area contributed by atoms with Gasteiger partial charge in [-0.15, -0.1) is 0 Å². The summed E-state index contributed by atoms with van der Waals surface area (Å²) in [6.07, 6.45) is 0. The molecule has 4 N–H and O–H groups in total. The number of carbonyl (C=O) groups excluding carboxylic acids is 1. The first-order valence-electron chi connectivity index (χ1n) is 7.64. The fraction of sp³-hybridized carbons (Fsp3) is 0.278. The number of carbonyl (C=O) groups is 1. The van der Waals surface area contributed by atoms with Crippen LogP contribution in [0.4, 0.5) is 10.5 Å². The van der Waals surface area contributed by atoms with Crippen molar-refractivity contribution in [2.45, 2.75) is 19.5 Å². The van der Waals surface area contributed by atoms with Crippen LogP contribution in [0, 0.1) is 0 Å². The summed E-state index contributed by atoms with van der Waals surface area (Å²) in [5.41, 5.74) is 7.90. The average molecular weight is 329 g/mol. The Morgan fingerprint density at radius 1 is 1.12 bits per heavy atom. The zero-order chi connectivity index (χ0) is 17.5. The largest absolute Gasteiger partial charge is 0.497 e. The number of amides is 2. The lowest BCUT2D eigenvalue weighted by Gasteiger charge is -2.17. The monoisotopic (exact) mass is 329 g/mol. The zero-order valence-corrected chi connectivity index (χ0v) is 14.1. The lowest BCUT2D eigenvalue weighted by atomic mass is 10.1. The van der Waals surface area contributed by atoms with Crippen LogP contribution in [0.1, 0.15) is 24.1 Å². The lowest BCUT2D eigenvalue weighted by molar-refractivity contribution is 0.259. The topological polar surface area (TPSA) is 85.6 Å². The standard InChI is InChI=1S/C18H23N3O3/c1-12(13-4-6-15(7-5-13)21-18(19)22)20-11-14-10-16(23-2)8-9-17(14)24-3/h4-10,12,20H,11H2,1-3H3,(H3,19,21,22). The molecule has 2 amide bonds. The Morgan fingerprint density at radius 3 is 2.42 bits per heavy atom. The van der Waals surface area contributed by atoms with E-state index in [9.17, 15) is 4.79 Å². The Kier molecular flexibility index (Phi) is 6.03. The predicted molar refractivity (Wildman–Crippen MR) is 94.4 cm³/mol. The Labute approximate surface area is 142 Å². The second-order valence-corrected chi connectivity index (χ2v) is 5.39. The van der Waals surface area contributed by atoms with Gasteiger partial charge in [0, 0.05) is 23.8 Å². The highest BCUT2D eigenvalue weighted by atomic mass is 16.5. The van der Waals surface area contributed by atoms with Crippen molar-refractivity contribution < 1.29 is 14.3 Å². The number of nitrogens with one attached hydrogen (secondary N) is 2. The Bertz CT molecular complexity index is 686. The van der Waals surface area contributed by atoms with Crippen LogP contribution in [0.2, 0.25) is 0 Å². The number of primary amides is 1. The number of benzene rings is 2.